The Morgan fingerprint density at radius 2 is 2.19 bits per heavy atom. The molecule has 0 spiro atoms. The number of hydrogen-bond acceptors (Lipinski definition) is 5. The van der Waals surface area contributed by atoms with Gasteiger partial charge in [-0.2, -0.15) is 5.26 Å². The summed E-state index contributed by atoms with van der Waals surface area (Å²) in [6, 6.07) is 3.69. The fourth-order valence-corrected chi connectivity index (χ4v) is 1.30. The summed E-state index contributed by atoms with van der Waals surface area (Å²) in [5, 5.41) is 11.9. The molecule has 0 fully saturated rings. The first kappa shape index (κ1) is 12.4. The van der Waals surface area contributed by atoms with Crippen molar-refractivity contribution in [2.75, 3.05) is 32.5 Å². The van der Waals surface area contributed by atoms with Crippen LogP contribution < -0.4 is 5.32 Å². The molecule has 0 unspecified atom stereocenters. The zero-order valence-corrected chi connectivity index (χ0v) is 9.99. The van der Waals surface area contributed by atoms with E-state index < -0.39 is 0 Å². The second-order valence-electron chi connectivity index (χ2n) is 3.91. The van der Waals surface area contributed by atoms with E-state index in [9.17, 15) is 0 Å². The lowest BCUT2D eigenvalue weighted by Crippen LogP contribution is -2.17. The van der Waals surface area contributed by atoms with E-state index in [-0.39, 0.29) is 0 Å². The molecule has 0 aliphatic rings. The normalized spacial score (nSPS) is 10.2. The molecule has 1 heterocycles. The predicted molar refractivity (Wildman–Crippen MR) is 63.1 cm³/mol. The maximum absolute atomic E-state index is 8.76. The van der Waals surface area contributed by atoms with Gasteiger partial charge in [-0.05, 0) is 40.1 Å². The molecule has 0 atom stereocenters. The van der Waals surface area contributed by atoms with Gasteiger partial charge >= 0.3 is 0 Å². The first-order valence-corrected chi connectivity index (χ1v) is 5.26. The standard InChI is InChI=1S/C11H17N5/c1-9-7-10(8-12)15-11(14-9)13-5-4-6-16(2)3/h7H,4-6H2,1-3H3,(H,13,14,15). The number of nitrogens with zero attached hydrogens (tertiary/aromatic N) is 4. The minimum atomic E-state index is 0.405. The minimum Gasteiger partial charge on any atom is -0.354 e. The Morgan fingerprint density at radius 3 is 2.81 bits per heavy atom. The van der Waals surface area contributed by atoms with Gasteiger partial charge in [0, 0.05) is 12.2 Å². The van der Waals surface area contributed by atoms with Crippen LogP contribution in [0.3, 0.4) is 0 Å². The van der Waals surface area contributed by atoms with Crippen LogP contribution in [-0.2, 0) is 0 Å². The summed E-state index contributed by atoms with van der Waals surface area (Å²) in [7, 11) is 4.08. The summed E-state index contributed by atoms with van der Waals surface area (Å²) >= 11 is 0. The Morgan fingerprint density at radius 1 is 1.44 bits per heavy atom. The minimum absolute atomic E-state index is 0.405. The lowest BCUT2D eigenvalue weighted by Gasteiger charge is -2.09. The van der Waals surface area contributed by atoms with E-state index in [1.54, 1.807) is 6.07 Å². The first-order valence-electron chi connectivity index (χ1n) is 5.26. The summed E-state index contributed by atoms with van der Waals surface area (Å²) < 4.78 is 0. The van der Waals surface area contributed by atoms with Gasteiger partial charge < -0.3 is 10.2 Å². The van der Waals surface area contributed by atoms with Crippen LogP contribution in [0.2, 0.25) is 0 Å². The third-order valence-corrected chi connectivity index (χ3v) is 2.03. The van der Waals surface area contributed by atoms with E-state index in [0.29, 0.717) is 11.6 Å². The van der Waals surface area contributed by atoms with Crippen molar-refractivity contribution in [1.29, 1.82) is 5.26 Å². The number of rotatable bonds is 5. The molecule has 0 radical (unpaired) electrons. The Hall–Kier alpha value is -1.67. The lowest BCUT2D eigenvalue weighted by molar-refractivity contribution is 0.405. The Bertz CT molecular complexity index is 380. The van der Waals surface area contributed by atoms with Gasteiger partial charge in [0.1, 0.15) is 11.8 Å². The highest BCUT2D eigenvalue weighted by Crippen LogP contribution is 2.03. The van der Waals surface area contributed by atoms with Crippen LogP contribution in [0.25, 0.3) is 0 Å². The quantitative estimate of drug-likeness (QED) is 0.749. The average Bonchev–Trinajstić information content (AvgIpc) is 2.23. The average molecular weight is 219 g/mol. The van der Waals surface area contributed by atoms with Gasteiger partial charge in [-0.15, -0.1) is 0 Å². The summed E-state index contributed by atoms with van der Waals surface area (Å²) in [5.74, 6) is 0.537. The molecule has 1 aromatic heterocycles. The number of nitriles is 1. The number of aromatic nitrogens is 2. The molecule has 0 saturated carbocycles. The van der Waals surface area contributed by atoms with E-state index >= 15 is 0 Å². The van der Waals surface area contributed by atoms with Crippen molar-refractivity contribution in [1.82, 2.24) is 14.9 Å². The van der Waals surface area contributed by atoms with Gasteiger partial charge in [-0.1, -0.05) is 0 Å². The van der Waals surface area contributed by atoms with Crippen LogP contribution in [0, 0.1) is 18.3 Å². The summed E-state index contributed by atoms with van der Waals surface area (Å²) in [5.41, 5.74) is 1.21. The van der Waals surface area contributed by atoms with Gasteiger partial charge in [-0.3, -0.25) is 0 Å². The van der Waals surface area contributed by atoms with E-state index in [2.05, 4.69) is 20.2 Å². The number of aryl methyl sites for hydroxylation is 1. The highest BCUT2D eigenvalue weighted by atomic mass is 15.1. The maximum Gasteiger partial charge on any atom is 0.224 e. The lowest BCUT2D eigenvalue weighted by atomic mass is 10.3. The molecule has 0 aliphatic heterocycles. The molecule has 16 heavy (non-hydrogen) atoms. The van der Waals surface area contributed by atoms with Crippen LogP contribution in [0.4, 0.5) is 5.95 Å². The van der Waals surface area contributed by atoms with Crippen molar-refractivity contribution in [2.24, 2.45) is 0 Å². The van der Waals surface area contributed by atoms with E-state index in [1.807, 2.05) is 27.1 Å². The Kier molecular flexibility index (Phi) is 4.67. The number of anilines is 1. The number of nitrogens with one attached hydrogen (secondary N) is 1. The van der Waals surface area contributed by atoms with Crippen molar-refractivity contribution in [3.63, 3.8) is 0 Å². The van der Waals surface area contributed by atoms with E-state index in [0.717, 1.165) is 25.2 Å². The SMILES string of the molecule is Cc1cc(C#N)nc(NCCCN(C)C)n1. The molecule has 1 N–H and O–H groups in total. The van der Waals surface area contributed by atoms with Gasteiger partial charge in [-0.25, -0.2) is 9.97 Å². The fourth-order valence-electron chi connectivity index (χ4n) is 1.30. The molecule has 5 nitrogen and oxygen atoms in total. The van der Waals surface area contributed by atoms with E-state index in [4.69, 9.17) is 5.26 Å². The van der Waals surface area contributed by atoms with Crippen LogP contribution >= 0.6 is 0 Å². The zero-order chi connectivity index (χ0) is 12.0. The van der Waals surface area contributed by atoms with Gasteiger partial charge in [0.2, 0.25) is 5.95 Å². The smallest absolute Gasteiger partial charge is 0.224 e. The second kappa shape index (κ2) is 6.03. The molecule has 1 aromatic rings. The highest BCUT2D eigenvalue weighted by molar-refractivity contribution is 5.32. The molecule has 5 heteroatoms. The van der Waals surface area contributed by atoms with E-state index in [1.165, 1.54) is 0 Å². The van der Waals surface area contributed by atoms with Crippen molar-refractivity contribution >= 4 is 5.95 Å². The zero-order valence-electron chi connectivity index (χ0n) is 9.99. The van der Waals surface area contributed by atoms with Crippen LogP contribution in [0.15, 0.2) is 6.07 Å². The van der Waals surface area contributed by atoms with Crippen molar-refractivity contribution in [3.05, 3.63) is 17.5 Å². The third kappa shape index (κ3) is 4.24. The maximum atomic E-state index is 8.76. The molecular weight excluding hydrogens is 202 g/mol. The highest BCUT2D eigenvalue weighted by Gasteiger charge is 2.00. The Labute approximate surface area is 96.1 Å². The predicted octanol–water partition coefficient (Wildman–Crippen LogP) is 1.02. The summed E-state index contributed by atoms with van der Waals surface area (Å²) in [6.07, 6.45) is 1.02. The molecular formula is C11H17N5. The monoisotopic (exact) mass is 219 g/mol. The molecule has 1 rings (SSSR count). The van der Waals surface area contributed by atoms with Crippen molar-refractivity contribution in [3.8, 4) is 6.07 Å². The third-order valence-electron chi connectivity index (χ3n) is 2.03. The first-order chi connectivity index (χ1) is 7.61. The molecule has 0 aromatic carbocycles. The number of hydrogen-bond donors (Lipinski definition) is 1. The van der Waals surface area contributed by atoms with Gasteiger partial charge in [0.05, 0.1) is 0 Å². The van der Waals surface area contributed by atoms with Crippen LogP contribution in [0.5, 0.6) is 0 Å². The van der Waals surface area contributed by atoms with Gasteiger partial charge in [0.15, 0.2) is 0 Å². The summed E-state index contributed by atoms with van der Waals surface area (Å²) in [4.78, 5) is 10.4. The second-order valence-corrected chi connectivity index (χ2v) is 3.91. The molecule has 86 valence electrons. The van der Waals surface area contributed by atoms with Crippen LogP contribution in [0.1, 0.15) is 17.8 Å². The molecule has 0 amide bonds. The fraction of sp³-hybridized carbons (Fsp3) is 0.545. The van der Waals surface area contributed by atoms with Crippen LogP contribution in [-0.4, -0.2) is 42.1 Å². The summed E-state index contributed by atoms with van der Waals surface area (Å²) in [6.45, 7) is 3.68. The van der Waals surface area contributed by atoms with Crippen molar-refractivity contribution < 1.29 is 0 Å². The topological polar surface area (TPSA) is 64.8 Å². The largest absolute Gasteiger partial charge is 0.354 e. The van der Waals surface area contributed by atoms with Crippen molar-refractivity contribution in [2.45, 2.75) is 13.3 Å². The van der Waals surface area contributed by atoms with Gasteiger partial charge in [0.25, 0.3) is 0 Å². The molecule has 0 bridgehead atoms. The molecule has 0 aliphatic carbocycles. The Balaban J connectivity index is 2.48. The molecule has 0 saturated heterocycles.